The number of carbonyl (C=O) groups excluding carboxylic acids is 1. The predicted molar refractivity (Wildman–Crippen MR) is 52.1 cm³/mol. The van der Waals surface area contributed by atoms with Crippen molar-refractivity contribution < 1.29 is 9.53 Å². The van der Waals surface area contributed by atoms with Gasteiger partial charge in [0, 0.05) is 0 Å². The summed E-state index contributed by atoms with van der Waals surface area (Å²) in [5, 5.41) is 2.56. The van der Waals surface area contributed by atoms with Gasteiger partial charge in [-0.15, -0.1) is 0 Å². The monoisotopic (exact) mass is 195 g/mol. The summed E-state index contributed by atoms with van der Waals surface area (Å²) in [6.45, 7) is 3.98. The standard InChI is InChI=1S/C9H13N3O2/c1-6(2)8-7(4-10-5-11-8)12-9(13)14-3/h4-6H,1-3H3,(H,12,13). The third kappa shape index (κ3) is 2.42. The second-order valence-electron chi connectivity index (χ2n) is 3.09. The summed E-state index contributed by atoms with van der Waals surface area (Å²) >= 11 is 0. The molecule has 0 saturated heterocycles. The highest BCUT2D eigenvalue weighted by molar-refractivity contribution is 5.84. The van der Waals surface area contributed by atoms with Crippen LogP contribution >= 0.6 is 0 Å². The largest absolute Gasteiger partial charge is 0.453 e. The Bertz CT molecular complexity index is 326. The number of amides is 1. The van der Waals surface area contributed by atoms with Crippen LogP contribution < -0.4 is 5.32 Å². The van der Waals surface area contributed by atoms with Crippen molar-refractivity contribution in [2.24, 2.45) is 0 Å². The topological polar surface area (TPSA) is 64.1 Å². The fourth-order valence-electron chi connectivity index (χ4n) is 1.06. The molecule has 0 aliphatic carbocycles. The van der Waals surface area contributed by atoms with E-state index in [9.17, 15) is 4.79 Å². The van der Waals surface area contributed by atoms with E-state index in [2.05, 4.69) is 20.0 Å². The van der Waals surface area contributed by atoms with E-state index >= 15 is 0 Å². The summed E-state index contributed by atoms with van der Waals surface area (Å²) in [4.78, 5) is 18.9. The zero-order chi connectivity index (χ0) is 10.6. The van der Waals surface area contributed by atoms with Crippen LogP contribution in [0.2, 0.25) is 0 Å². The summed E-state index contributed by atoms with van der Waals surface area (Å²) in [6.07, 6.45) is 2.50. The van der Waals surface area contributed by atoms with Crippen molar-refractivity contribution in [2.75, 3.05) is 12.4 Å². The maximum Gasteiger partial charge on any atom is 0.411 e. The summed E-state index contributed by atoms with van der Waals surface area (Å²) < 4.78 is 4.48. The maximum absolute atomic E-state index is 11.0. The Morgan fingerprint density at radius 2 is 2.29 bits per heavy atom. The van der Waals surface area contributed by atoms with Crippen molar-refractivity contribution in [3.05, 3.63) is 18.2 Å². The van der Waals surface area contributed by atoms with Gasteiger partial charge in [0.1, 0.15) is 6.33 Å². The molecule has 0 aliphatic heterocycles. The van der Waals surface area contributed by atoms with Gasteiger partial charge in [0.15, 0.2) is 0 Å². The molecule has 0 spiro atoms. The molecule has 0 bridgehead atoms. The number of rotatable bonds is 2. The molecule has 0 aliphatic rings. The van der Waals surface area contributed by atoms with Crippen molar-refractivity contribution in [3.8, 4) is 0 Å². The second-order valence-corrected chi connectivity index (χ2v) is 3.09. The van der Waals surface area contributed by atoms with Crippen molar-refractivity contribution in [2.45, 2.75) is 19.8 Å². The van der Waals surface area contributed by atoms with E-state index in [0.717, 1.165) is 5.69 Å². The van der Waals surface area contributed by atoms with Crippen LogP contribution in [-0.2, 0) is 4.74 Å². The third-order valence-electron chi connectivity index (χ3n) is 1.71. The molecule has 1 aromatic rings. The Morgan fingerprint density at radius 3 is 2.86 bits per heavy atom. The molecule has 0 saturated carbocycles. The van der Waals surface area contributed by atoms with Gasteiger partial charge in [-0.1, -0.05) is 13.8 Å². The van der Waals surface area contributed by atoms with Gasteiger partial charge in [0.05, 0.1) is 24.7 Å². The summed E-state index contributed by atoms with van der Waals surface area (Å²) in [7, 11) is 1.31. The second kappa shape index (κ2) is 4.55. The van der Waals surface area contributed by atoms with Crippen LogP contribution in [-0.4, -0.2) is 23.2 Å². The van der Waals surface area contributed by atoms with Crippen molar-refractivity contribution >= 4 is 11.8 Å². The highest BCUT2D eigenvalue weighted by Gasteiger charge is 2.10. The smallest absolute Gasteiger partial charge is 0.411 e. The molecule has 1 N–H and O–H groups in total. The molecule has 1 amide bonds. The molecule has 76 valence electrons. The Morgan fingerprint density at radius 1 is 1.57 bits per heavy atom. The van der Waals surface area contributed by atoms with Crippen LogP contribution in [0.25, 0.3) is 0 Å². The van der Waals surface area contributed by atoms with Gasteiger partial charge in [-0.05, 0) is 5.92 Å². The van der Waals surface area contributed by atoms with Crippen LogP contribution in [0.5, 0.6) is 0 Å². The van der Waals surface area contributed by atoms with E-state index in [1.807, 2.05) is 13.8 Å². The third-order valence-corrected chi connectivity index (χ3v) is 1.71. The predicted octanol–water partition coefficient (Wildman–Crippen LogP) is 1.78. The van der Waals surface area contributed by atoms with E-state index in [1.54, 1.807) is 6.20 Å². The first-order chi connectivity index (χ1) is 6.65. The number of carbonyl (C=O) groups is 1. The van der Waals surface area contributed by atoms with Crippen molar-refractivity contribution in [3.63, 3.8) is 0 Å². The molecule has 14 heavy (non-hydrogen) atoms. The Labute approximate surface area is 82.5 Å². The number of nitrogens with zero attached hydrogens (tertiary/aromatic N) is 2. The fraction of sp³-hybridized carbons (Fsp3) is 0.444. The number of hydrogen-bond donors (Lipinski definition) is 1. The quantitative estimate of drug-likeness (QED) is 0.781. The van der Waals surface area contributed by atoms with Crippen molar-refractivity contribution in [1.82, 2.24) is 9.97 Å². The van der Waals surface area contributed by atoms with Crippen LogP contribution in [0.1, 0.15) is 25.5 Å². The number of anilines is 1. The average molecular weight is 195 g/mol. The summed E-state index contributed by atoms with van der Waals surface area (Å²) in [5.74, 6) is 0.227. The minimum Gasteiger partial charge on any atom is -0.453 e. The normalized spacial score (nSPS) is 10.0. The Kier molecular flexibility index (Phi) is 3.39. The van der Waals surface area contributed by atoms with Gasteiger partial charge in [-0.25, -0.2) is 14.8 Å². The minimum atomic E-state index is -0.512. The molecule has 0 radical (unpaired) electrons. The van der Waals surface area contributed by atoms with Gasteiger partial charge >= 0.3 is 6.09 Å². The average Bonchev–Trinajstić information content (AvgIpc) is 2.18. The fourth-order valence-corrected chi connectivity index (χ4v) is 1.06. The number of nitrogens with one attached hydrogen (secondary N) is 1. The lowest BCUT2D eigenvalue weighted by molar-refractivity contribution is 0.187. The SMILES string of the molecule is COC(=O)Nc1cncnc1C(C)C. The number of aromatic nitrogens is 2. The lowest BCUT2D eigenvalue weighted by Gasteiger charge is -2.10. The highest BCUT2D eigenvalue weighted by atomic mass is 16.5. The van der Waals surface area contributed by atoms with Gasteiger partial charge in [-0.3, -0.25) is 5.32 Å². The lowest BCUT2D eigenvalue weighted by Crippen LogP contribution is -2.14. The van der Waals surface area contributed by atoms with Crippen molar-refractivity contribution in [1.29, 1.82) is 0 Å². The molecule has 0 atom stereocenters. The highest BCUT2D eigenvalue weighted by Crippen LogP contribution is 2.19. The number of ether oxygens (including phenoxy) is 1. The van der Waals surface area contributed by atoms with Crippen LogP contribution in [0.15, 0.2) is 12.5 Å². The maximum atomic E-state index is 11.0. The number of hydrogen-bond acceptors (Lipinski definition) is 4. The summed E-state index contributed by atoms with van der Waals surface area (Å²) in [5.41, 5.74) is 1.39. The molecule has 0 unspecified atom stereocenters. The Balaban J connectivity index is 2.90. The summed E-state index contributed by atoms with van der Waals surface area (Å²) in [6, 6.07) is 0. The van der Waals surface area contributed by atoms with E-state index in [0.29, 0.717) is 5.69 Å². The van der Waals surface area contributed by atoms with Gasteiger partial charge < -0.3 is 4.74 Å². The zero-order valence-electron chi connectivity index (χ0n) is 8.44. The first-order valence-electron chi connectivity index (χ1n) is 4.30. The van der Waals surface area contributed by atoms with Gasteiger partial charge in [0.25, 0.3) is 0 Å². The van der Waals surface area contributed by atoms with Gasteiger partial charge in [-0.2, -0.15) is 0 Å². The van der Waals surface area contributed by atoms with E-state index in [1.165, 1.54) is 13.4 Å². The van der Waals surface area contributed by atoms with Crippen LogP contribution in [0.4, 0.5) is 10.5 Å². The van der Waals surface area contributed by atoms with E-state index in [-0.39, 0.29) is 5.92 Å². The zero-order valence-corrected chi connectivity index (χ0v) is 8.44. The minimum absolute atomic E-state index is 0.227. The molecule has 5 nitrogen and oxygen atoms in total. The number of methoxy groups -OCH3 is 1. The first kappa shape index (κ1) is 10.4. The van der Waals surface area contributed by atoms with Crippen LogP contribution in [0.3, 0.4) is 0 Å². The molecule has 1 aromatic heterocycles. The molecule has 1 heterocycles. The first-order valence-corrected chi connectivity index (χ1v) is 4.30. The molecular formula is C9H13N3O2. The molecule has 5 heteroatoms. The van der Waals surface area contributed by atoms with Crippen LogP contribution in [0, 0.1) is 0 Å². The molecule has 0 aromatic carbocycles. The molecule has 0 fully saturated rings. The van der Waals surface area contributed by atoms with Gasteiger partial charge in [0.2, 0.25) is 0 Å². The van der Waals surface area contributed by atoms with E-state index in [4.69, 9.17) is 0 Å². The Hall–Kier alpha value is -1.65. The van der Waals surface area contributed by atoms with E-state index < -0.39 is 6.09 Å². The lowest BCUT2D eigenvalue weighted by atomic mass is 10.1. The molecular weight excluding hydrogens is 182 g/mol. The molecule has 1 rings (SSSR count).